The van der Waals surface area contributed by atoms with Gasteiger partial charge in [0, 0.05) is 36.3 Å². The predicted octanol–water partition coefficient (Wildman–Crippen LogP) is 3.12. The summed E-state index contributed by atoms with van der Waals surface area (Å²) in [6, 6.07) is 13.8. The molecule has 3 aromatic rings. The standard InChI is InChI=1S/C24H25N3O6/c1-30-19-8-5-16(14-21(19)31-2)18-7-10-24(29)27(26-18)11-3-4-23(28)25-17-6-9-20-22(15-17)33-13-12-32-20/h5-10,14-15H,3-4,11-13H2,1-2H3,(H,25,28). The molecule has 0 atom stereocenters. The second-order valence-electron chi connectivity index (χ2n) is 7.36. The lowest BCUT2D eigenvalue weighted by molar-refractivity contribution is -0.116. The topological polar surface area (TPSA) is 101 Å². The van der Waals surface area contributed by atoms with E-state index in [2.05, 4.69) is 10.4 Å². The van der Waals surface area contributed by atoms with Crippen LogP contribution in [0.2, 0.25) is 0 Å². The van der Waals surface area contributed by atoms with Gasteiger partial charge in [0.2, 0.25) is 5.91 Å². The molecule has 0 fully saturated rings. The Morgan fingerprint density at radius 1 is 1.00 bits per heavy atom. The van der Waals surface area contributed by atoms with Crippen molar-refractivity contribution in [3.8, 4) is 34.3 Å². The molecule has 0 saturated heterocycles. The first-order chi connectivity index (χ1) is 16.1. The normalized spacial score (nSPS) is 12.2. The van der Waals surface area contributed by atoms with Gasteiger partial charge in [0.1, 0.15) is 13.2 Å². The highest BCUT2D eigenvalue weighted by Crippen LogP contribution is 2.33. The Labute approximate surface area is 190 Å². The SMILES string of the molecule is COc1ccc(-c2ccc(=O)n(CCCC(=O)Nc3ccc4c(c3)OCCO4)n2)cc1OC. The van der Waals surface area contributed by atoms with Crippen LogP contribution >= 0.6 is 0 Å². The number of nitrogens with one attached hydrogen (secondary N) is 1. The van der Waals surface area contributed by atoms with Gasteiger partial charge in [-0.2, -0.15) is 5.10 Å². The molecule has 33 heavy (non-hydrogen) atoms. The van der Waals surface area contributed by atoms with Crippen LogP contribution in [-0.2, 0) is 11.3 Å². The number of hydrogen-bond donors (Lipinski definition) is 1. The first kappa shape index (κ1) is 22.2. The van der Waals surface area contributed by atoms with E-state index in [0.717, 1.165) is 5.56 Å². The summed E-state index contributed by atoms with van der Waals surface area (Å²) in [5.74, 6) is 2.31. The summed E-state index contributed by atoms with van der Waals surface area (Å²) in [5.41, 5.74) is 1.82. The van der Waals surface area contributed by atoms with E-state index in [0.29, 0.717) is 60.6 Å². The number of amides is 1. The third kappa shape index (κ3) is 5.25. The molecule has 0 unspecified atom stereocenters. The molecule has 1 aliphatic heterocycles. The maximum absolute atomic E-state index is 12.4. The number of aryl methyl sites for hydroxylation is 1. The van der Waals surface area contributed by atoms with E-state index in [1.54, 1.807) is 50.6 Å². The number of benzene rings is 2. The second kappa shape index (κ2) is 10.1. The first-order valence-electron chi connectivity index (χ1n) is 10.6. The van der Waals surface area contributed by atoms with Crippen LogP contribution in [0.3, 0.4) is 0 Å². The monoisotopic (exact) mass is 451 g/mol. The molecule has 4 rings (SSSR count). The molecule has 1 aromatic heterocycles. The van der Waals surface area contributed by atoms with Crippen LogP contribution in [0.1, 0.15) is 12.8 Å². The van der Waals surface area contributed by atoms with Crippen molar-refractivity contribution in [1.82, 2.24) is 9.78 Å². The summed E-state index contributed by atoms with van der Waals surface area (Å²) in [6.07, 6.45) is 0.696. The second-order valence-corrected chi connectivity index (χ2v) is 7.36. The average molecular weight is 451 g/mol. The molecule has 9 heteroatoms. The van der Waals surface area contributed by atoms with Crippen molar-refractivity contribution in [2.45, 2.75) is 19.4 Å². The lowest BCUT2D eigenvalue weighted by Gasteiger charge is -2.19. The zero-order chi connectivity index (χ0) is 23.2. The van der Waals surface area contributed by atoms with Gasteiger partial charge in [-0.05, 0) is 42.8 Å². The molecule has 0 radical (unpaired) electrons. The van der Waals surface area contributed by atoms with E-state index in [1.807, 2.05) is 6.07 Å². The lowest BCUT2D eigenvalue weighted by Crippen LogP contribution is -2.23. The maximum Gasteiger partial charge on any atom is 0.266 e. The summed E-state index contributed by atoms with van der Waals surface area (Å²) in [5, 5.41) is 7.29. The van der Waals surface area contributed by atoms with Gasteiger partial charge in [-0.15, -0.1) is 0 Å². The van der Waals surface area contributed by atoms with Gasteiger partial charge in [-0.1, -0.05) is 0 Å². The molecule has 0 bridgehead atoms. The average Bonchev–Trinajstić information content (AvgIpc) is 2.84. The predicted molar refractivity (Wildman–Crippen MR) is 122 cm³/mol. The fourth-order valence-corrected chi connectivity index (χ4v) is 3.49. The highest BCUT2D eigenvalue weighted by Gasteiger charge is 2.13. The molecule has 1 N–H and O–H groups in total. The number of fused-ring (bicyclic) bond motifs is 1. The van der Waals surface area contributed by atoms with Crippen molar-refractivity contribution in [1.29, 1.82) is 0 Å². The molecule has 1 aliphatic rings. The zero-order valence-corrected chi connectivity index (χ0v) is 18.5. The van der Waals surface area contributed by atoms with E-state index >= 15 is 0 Å². The van der Waals surface area contributed by atoms with Gasteiger partial charge in [-0.25, -0.2) is 4.68 Å². The number of ether oxygens (including phenoxy) is 4. The first-order valence-corrected chi connectivity index (χ1v) is 10.6. The van der Waals surface area contributed by atoms with Gasteiger partial charge in [0.05, 0.1) is 19.9 Å². The minimum absolute atomic E-state index is 0.157. The Morgan fingerprint density at radius 3 is 2.58 bits per heavy atom. The molecule has 9 nitrogen and oxygen atoms in total. The van der Waals surface area contributed by atoms with Gasteiger partial charge < -0.3 is 24.3 Å². The van der Waals surface area contributed by atoms with Crippen LogP contribution in [0.5, 0.6) is 23.0 Å². The number of anilines is 1. The van der Waals surface area contributed by atoms with Gasteiger partial charge in [0.25, 0.3) is 5.56 Å². The fourth-order valence-electron chi connectivity index (χ4n) is 3.49. The van der Waals surface area contributed by atoms with Crippen molar-refractivity contribution >= 4 is 11.6 Å². The van der Waals surface area contributed by atoms with Crippen molar-refractivity contribution in [2.75, 3.05) is 32.8 Å². The number of rotatable bonds is 8. The summed E-state index contributed by atoms with van der Waals surface area (Å²) < 4.78 is 23.0. The molecule has 0 saturated carbocycles. The van der Waals surface area contributed by atoms with Gasteiger partial charge in [0.15, 0.2) is 23.0 Å². The van der Waals surface area contributed by atoms with Crippen molar-refractivity contribution in [3.63, 3.8) is 0 Å². The summed E-state index contributed by atoms with van der Waals surface area (Å²) in [6.45, 7) is 1.31. The van der Waals surface area contributed by atoms with E-state index in [1.165, 1.54) is 10.7 Å². The summed E-state index contributed by atoms with van der Waals surface area (Å²) >= 11 is 0. The summed E-state index contributed by atoms with van der Waals surface area (Å²) in [7, 11) is 3.13. The Kier molecular flexibility index (Phi) is 6.77. The molecule has 0 aliphatic carbocycles. The quantitative estimate of drug-likeness (QED) is 0.562. The number of nitrogens with zero attached hydrogens (tertiary/aromatic N) is 2. The van der Waals surface area contributed by atoms with Crippen molar-refractivity contribution in [3.05, 3.63) is 58.9 Å². The number of hydrogen-bond acceptors (Lipinski definition) is 7. The van der Waals surface area contributed by atoms with E-state index in [-0.39, 0.29) is 17.9 Å². The number of carbonyl (C=O) groups is 1. The molecule has 2 aromatic carbocycles. The molecular weight excluding hydrogens is 426 g/mol. The number of methoxy groups -OCH3 is 2. The Balaban J connectivity index is 1.37. The number of carbonyl (C=O) groups excluding carboxylic acids is 1. The van der Waals surface area contributed by atoms with Crippen molar-refractivity contribution in [2.24, 2.45) is 0 Å². The zero-order valence-electron chi connectivity index (χ0n) is 18.5. The molecule has 0 spiro atoms. The van der Waals surface area contributed by atoms with Crippen LogP contribution in [0.15, 0.2) is 53.3 Å². The Morgan fingerprint density at radius 2 is 1.79 bits per heavy atom. The van der Waals surface area contributed by atoms with Crippen LogP contribution in [0.4, 0.5) is 5.69 Å². The van der Waals surface area contributed by atoms with Crippen LogP contribution < -0.4 is 29.8 Å². The van der Waals surface area contributed by atoms with Gasteiger partial charge in [-0.3, -0.25) is 9.59 Å². The maximum atomic E-state index is 12.4. The third-order valence-electron chi connectivity index (χ3n) is 5.15. The van der Waals surface area contributed by atoms with E-state index in [9.17, 15) is 9.59 Å². The van der Waals surface area contributed by atoms with E-state index in [4.69, 9.17) is 18.9 Å². The Bertz CT molecular complexity index is 1210. The molecule has 172 valence electrons. The van der Waals surface area contributed by atoms with Crippen LogP contribution in [-0.4, -0.2) is 43.1 Å². The molecule has 1 amide bonds. The number of aromatic nitrogens is 2. The highest BCUT2D eigenvalue weighted by molar-refractivity contribution is 5.91. The van der Waals surface area contributed by atoms with E-state index < -0.39 is 0 Å². The smallest absolute Gasteiger partial charge is 0.266 e. The summed E-state index contributed by atoms with van der Waals surface area (Å²) in [4.78, 5) is 24.6. The highest BCUT2D eigenvalue weighted by atomic mass is 16.6. The minimum Gasteiger partial charge on any atom is -0.493 e. The largest absolute Gasteiger partial charge is 0.493 e. The third-order valence-corrected chi connectivity index (χ3v) is 5.15. The minimum atomic E-state index is -0.230. The lowest BCUT2D eigenvalue weighted by atomic mass is 10.1. The van der Waals surface area contributed by atoms with Crippen LogP contribution in [0, 0.1) is 0 Å². The molecule has 2 heterocycles. The fraction of sp³-hybridized carbons (Fsp3) is 0.292. The van der Waals surface area contributed by atoms with Crippen LogP contribution in [0.25, 0.3) is 11.3 Å². The van der Waals surface area contributed by atoms with Crippen molar-refractivity contribution < 1.29 is 23.7 Å². The Hall–Kier alpha value is -4.01. The van der Waals surface area contributed by atoms with Gasteiger partial charge >= 0.3 is 0 Å². The molecular formula is C24H25N3O6.